The molecule has 9 heteroatoms. The minimum Gasteiger partial charge on any atom is -0.492 e. The van der Waals surface area contributed by atoms with Crippen molar-refractivity contribution in [2.24, 2.45) is 0 Å². The lowest BCUT2D eigenvalue weighted by Crippen LogP contribution is -2.10. The lowest BCUT2D eigenvalue weighted by atomic mass is 9.99. The smallest absolute Gasteiger partial charge is 0.335 e. The van der Waals surface area contributed by atoms with Gasteiger partial charge in [0.2, 0.25) is 0 Å². The molecule has 0 aliphatic rings. The molecular formula is C35H26O9. The van der Waals surface area contributed by atoms with Crippen molar-refractivity contribution < 1.29 is 42.9 Å². The van der Waals surface area contributed by atoms with Gasteiger partial charge in [0.05, 0.1) is 24.5 Å². The van der Waals surface area contributed by atoms with E-state index in [9.17, 15) is 19.2 Å². The molecule has 0 N–H and O–H groups in total. The zero-order valence-electron chi connectivity index (χ0n) is 23.7. The highest BCUT2D eigenvalue weighted by Crippen LogP contribution is 2.47. The summed E-state index contributed by atoms with van der Waals surface area (Å²) in [5.41, 5.74) is 2.19. The molecule has 3 rings (SSSR count). The average molecular weight is 591 g/mol. The van der Waals surface area contributed by atoms with Gasteiger partial charge in [0.1, 0.15) is 11.5 Å². The first-order valence-corrected chi connectivity index (χ1v) is 12.7. The van der Waals surface area contributed by atoms with E-state index in [-0.39, 0.29) is 34.1 Å². The number of carbonyl (C=O) groups is 4. The lowest BCUT2D eigenvalue weighted by Gasteiger charge is -2.18. The molecule has 0 aliphatic carbocycles. The molecule has 0 amide bonds. The van der Waals surface area contributed by atoms with Crippen LogP contribution in [0.4, 0.5) is 0 Å². The molecule has 0 radical (unpaired) electrons. The fourth-order valence-corrected chi connectivity index (χ4v) is 3.54. The molecule has 220 valence electrons. The van der Waals surface area contributed by atoms with Crippen molar-refractivity contribution in [3.05, 3.63) is 128 Å². The molecule has 44 heavy (non-hydrogen) atoms. The van der Waals surface area contributed by atoms with Crippen LogP contribution in [-0.2, 0) is 23.9 Å². The maximum Gasteiger partial charge on any atom is 0.335 e. The van der Waals surface area contributed by atoms with Crippen LogP contribution >= 0.6 is 0 Å². The summed E-state index contributed by atoms with van der Waals surface area (Å²) in [4.78, 5) is 47.4. The Hall–Kier alpha value is -6.40. The topological polar surface area (TPSA) is 114 Å². The summed E-state index contributed by atoms with van der Waals surface area (Å²) in [5, 5.41) is 0. The van der Waals surface area contributed by atoms with Gasteiger partial charge >= 0.3 is 23.9 Å². The molecule has 0 saturated heterocycles. The zero-order chi connectivity index (χ0) is 32.1. The van der Waals surface area contributed by atoms with Crippen molar-refractivity contribution in [1.82, 2.24) is 0 Å². The van der Waals surface area contributed by atoms with Gasteiger partial charge in [-0.2, -0.15) is 0 Å². The van der Waals surface area contributed by atoms with Gasteiger partial charge in [-0.25, -0.2) is 19.2 Å². The number of carbonyl (C=O) groups excluding carboxylic acids is 4. The van der Waals surface area contributed by atoms with Crippen molar-refractivity contribution in [2.75, 3.05) is 7.11 Å². The molecule has 3 aromatic carbocycles. The van der Waals surface area contributed by atoms with Crippen molar-refractivity contribution in [3.8, 4) is 46.0 Å². The quantitative estimate of drug-likeness (QED) is 0.0907. The summed E-state index contributed by atoms with van der Waals surface area (Å²) >= 11 is 0. The van der Waals surface area contributed by atoms with Gasteiger partial charge in [-0.3, -0.25) is 0 Å². The van der Waals surface area contributed by atoms with Crippen LogP contribution in [0.1, 0.15) is 16.7 Å². The Kier molecular flexibility index (Phi) is 11.4. The van der Waals surface area contributed by atoms with Crippen LogP contribution in [-0.4, -0.2) is 31.0 Å². The Morgan fingerprint density at radius 3 is 1.86 bits per heavy atom. The van der Waals surface area contributed by atoms with E-state index in [0.717, 1.165) is 29.9 Å². The SMILES string of the molecule is C=CC(=O)O/C=C/c1ccc(C#Cc2cc(OC(=O)C=C)c(-c3ccc(OC(=O)C=C)cc3)c(OC)c2OC(=O)C=C)cc1. The maximum absolute atomic E-state index is 12.4. The van der Waals surface area contributed by atoms with Gasteiger partial charge in [-0.15, -0.1) is 0 Å². The van der Waals surface area contributed by atoms with Crippen LogP contribution in [0, 0.1) is 11.8 Å². The molecule has 0 atom stereocenters. The highest BCUT2D eigenvalue weighted by molar-refractivity contribution is 5.91. The van der Waals surface area contributed by atoms with Gasteiger partial charge in [0.25, 0.3) is 0 Å². The maximum atomic E-state index is 12.4. The van der Waals surface area contributed by atoms with Crippen molar-refractivity contribution in [2.45, 2.75) is 0 Å². The summed E-state index contributed by atoms with van der Waals surface area (Å²) in [6.07, 6.45) is 6.87. The summed E-state index contributed by atoms with van der Waals surface area (Å²) in [7, 11) is 1.35. The Bertz CT molecular complexity index is 1710. The first-order chi connectivity index (χ1) is 21.2. The Balaban J connectivity index is 2.15. The van der Waals surface area contributed by atoms with E-state index >= 15 is 0 Å². The van der Waals surface area contributed by atoms with Crippen molar-refractivity contribution in [3.63, 3.8) is 0 Å². The third-order valence-corrected chi connectivity index (χ3v) is 5.54. The van der Waals surface area contributed by atoms with Crippen LogP contribution < -0.4 is 18.9 Å². The van der Waals surface area contributed by atoms with E-state index in [4.69, 9.17) is 23.7 Å². The number of rotatable bonds is 11. The standard InChI is InChI=1S/C35H26O9/c1-6-29(36)41-21-20-24-12-10-23(11-13-24)14-15-26-22-28(43-31(38)8-3)33(35(40-5)34(26)44-32(39)9-4)25-16-18-27(19-17-25)42-30(37)7-2/h6-13,16-22H,1-4H2,5H3/b21-20+. The predicted molar refractivity (Wildman–Crippen MR) is 164 cm³/mol. The fraction of sp³-hybridized carbons (Fsp3) is 0.0286. The summed E-state index contributed by atoms with van der Waals surface area (Å²) in [5.74, 6) is 3.40. The molecule has 0 heterocycles. The highest BCUT2D eigenvalue weighted by Gasteiger charge is 2.25. The number of benzene rings is 3. The summed E-state index contributed by atoms with van der Waals surface area (Å²) in [6.45, 7) is 13.6. The van der Waals surface area contributed by atoms with Gasteiger partial charge in [-0.05, 0) is 41.5 Å². The number of hydrogen-bond donors (Lipinski definition) is 0. The lowest BCUT2D eigenvalue weighted by molar-refractivity contribution is -0.132. The first kappa shape index (κ1) is 32.1. The Morgan fingerprint density at radius 1 is 0.682 bits per heavy atom. The van der Waals surface area contributed by atoms with Crippen molar-refractivity contribution in [1.29, 1.82) is 0 Å². The molecule has 3 aromatic rings. The fourth-order valence-electron chi connectivity index (χ4n) is 3.54. The molecule has 0 fully saturated rings. The molecule has 0 bridgehead atoms. The molecule has 9 nitrogen and oxygen atoms in total. The normalized spacial score (nSPS) is 9.93. The molecule has 0 unspecified atom stereocenters. The van der Waals surface area contributed by atoms with Crippen LogP contribution in [0.15, 0.2) is 111 Å². The monoisotopic (exact) mass is 590 g/mol. The second-order valence-electron chi connectivity index (χ2n) is 8.38. The minimum atomic E-state index is -0.784. The van der Waals surface area contributed by atoms with Gasteiger partial charge in [-0.1, -0.05) is 62.4 Å². The van der Waals surface area contributed by atoms with Crippen LogP contribution in [0.5, 0.6) is 23.0 Å². The predicted octanol–water partition coefficient (Wildman–Crippen LogP) is 5.74. The molecular weight excluding hydrogens is 564 g/mol. The van der Waals surface area contributed by atoms with Crippen LogP contribution in [0.2, 0.25) is 0 Å². The van der Waals surface area contributed by atoms with Crippen LogP contribution in [0.25, 0.3) is 17.2 Å². The number of esters is 4. The third-order valence-electron chi connectivity index (χ3n) is 5.54. The average Bonchev–Trinajstić information content (AvgIpc) is 3.04. The second-order valence-corrected chi connectivity index (χ2v) is 8.38. The summed E-state index contributed by atoms with van der Waals surface area (Å²) < 4.78 is 26.7. The Morgan fingerprint density at radius 2 is 1.27 bits per heavy atom. The van der Waals surface area contributed by atoms with Gasteiger partial charge in [0.15, 0.2) is 11.5 Å². The Labute approximate surface area is 254 Å². The molecule has 0 aromatic heterocycles. The number of ether oxygens (including phenoxy) is 5. The highest BCUT2D eigenvalue weighted by atomic mass is 16.6. The zero-order valence-corrected chi connectivity index (χ0v) is 23.7. The molecule has 0 saturated carbocycles. The van der Waals surface area contributed by atoms with E-state index in [1.165, 1.54) is 31.6 Å². The van der Waals surface area contributed by atoms with E-state index in [1.54, 1.807) is 42.5 Å². The molecule has 0 aliphatic heterocycles. The second kappa shape index (κ2) is 15.6. The van der Waals surface area contributed by atoms with Gasteiger partial charge < -0.3 is 23.7 Å². The molecule has 0 spiro atoms. The summed E-state index contributed by atoms with van der Waals surface area (Å²) in [6, 6.07) is 14.6. The van der Waals surface area contributed by atoms with E-state index in [1.807, 2.05) is 0 Å². The van der Waals surface area contributed by atoms with E-state index in [2.05, 4.69) is 38.2 Å². The minimum absolute atomic E-state index is 0.0276. The van der Waals surface area contributed by atoms with E-state index < -0.39 is 23.9 Å². The first-order valence-electron chi connectivity index (χ1n) is 12.7. The van der Waals surface area contributed by atoms with E-state index in [0.29, 0.717) is 11.1 Å². The van der Waals surface area contributed by atoms with Crippen LogP contribution in [0.3, 0.4) is 0 Å². The van der Waals surface area contributed by atoms with Gasteiger partial charge in [0, 0.05) is 35.9 Å². The number of methoxy groups -OCH3 is 1. The largest absolute Gasteiger partial charge is 0.492 e. The third kappa shape index (κ3) is 8.55. The van der Waals surface area contributed by atoms with Crippen molar-refractivity contribution >= 4 is 30.0 Å². The number of hydrogen-bond acceptors (Lipinski definition) is 9.